The van der Waals surface area contributed by atoms with Gasteiger partial charge in [0, 0.05) is 12.6 Å². The molecule has 1 N–H and O–H groups in total. The van der Waals surface area contributed by atoms with Crippen LogP contribution in [0.3, 0.4) is 0 Å². The number of ether oxygens (including phenoxy) is 1. The summed E-state index contributed by atoms with van der Waals surface area (Å²) in [6.07, 6.45) is 5.12. The van der Waals surface area contributed by atoms with Crippen LogP contribution in [0.1, 0.15) is 44.7 Å². The monoisotopic (exact) mass is 261 g/mol. The predicted molar refractivity (Wildman–Crippen MR) is 80.9 cm³/mol. The summed E-state index contributed by atoms with van der Waals surface area (Å²) in [7, 11) is 0. The van der Waals surface area contributed by atoms with Crippen LogP contribution in [-0.4, -0.2) is 19.2 Å². The fourth-order valence-corrected chi connectivity index (χ4v) is 2.49. The molecule has 2 rings (SSSR count). The summed E-state index contributed by atoms with van der Waals surface area (Å²) < 4.78 is 5.84. The summed E-state index contributed by atoms with van der Waals surface area (Å²) in [4.78, 5) is 0. The van der Waals surface area contributed by atoms with Gasteiger partial charge >= 0.3 is 0 Å². The zero-order valence-electron chi connectivity index (χ0n) is 12.5. The molecule has 2 nitrogen and oxygen atoms in total. The predicted octanol–water partition coefficient (Wildman–Crippen LogP) is 3.58. The van der Waals surface area contributed by atoms with Crippen molar-refractivity contribution >= 4 is 0 Å². The largest absolute Gasteiger partial charge is 0.492 e. The summed E-state index contributed by atoms with van der Waals surface area (Å²) in [6, 6.07) is 7.15. The van der Waals surface area contributed by atoms with Crippen LogP contribution in [0.2, 0.25) is 0 Å². The van der Waals surface area contributed by atoms with Gasteiger partial charge in [0.2, 0.25) is 0 Å². The topological polar surface area (TPSA) is 21.3 Å². The van der Waals surface area contributed by atoms with Crippen molar-refractivity contribution in [1.82, 2.24) is 5.32 Å². The van der Waals surface area contributed by atoms with Crippen LogP contribution < -0.4 is 10.1 Å². The lowest BCUT2D eigenvalue weighted by molar-refractivity contribution is 0.296. The highest BCUT2D eigenvalue weighted by atomic mass is 16.5. The molecule has 0 saturated carbocycles. The van der Waals surface area contributed by atoms with E-state index in [1.54, 1.807) is 0 Å². The quantitative estimate of drug-likeness (QED) is 0.790. The van der Waals surface area contributed by atoms with Gasteiger partial charge in [-0.05, 0) is 61.8 Å². The van der Waals surface area contributed by atoms with Gasteiger partial charge < -0.3 is 10.1 Å². The van der Waals surface area contributed by atoms with Crippen molar-refractivity contribution in [2.45, 2.75) is 52.5 Å². The highest BCUT2D eigenvalue weighted by Gasteiger charge is 2.10. The minimum atomic E-state index is 0.548. The second-order valence-corrected chi connectivity index (χ2v) is 5.97. The van der Waals surface area contributed by atoms with Gasteiger partial charge in [-0.2, -0.15) is 0 Å². The Balaban J connectivity index is 1.77. The number of nitrogens with one attached hydrogen (secondary N) is 1. The maximum absolute atomic E-state index is 5.84. The van der Waals surface area contributed by atoms with Crippen LogP contribution >= 0.6 is 0 Å². The second-order valence-electron chi connectivity index (χ2n) is 5.97. The average Bonchev–Trinajstić information content (AvgIpc) is 2.43. The molecule has 0 radical (unpaired) electrons. The number of benzene rings is 1. The molecule has 106 valence electrons. The maximum atomic E-state index is 5.84. The molecule has 1 aromatic rings. The Hall–Kier alpha value is -1.02. The molecule has 0 heterocycles. The van der Waals surface area contributed by atoms with E-state index < -0.39 is 0 Å². The van der Waals surface area contributed by atoms with Crippen molar-refractivity contribution in [3.05, 3.63) is 29.3 Å². The van der Waals surface area contributed by atoms with Crippen molar-refractivity contribution in [3.8, 4) is 5.75 Å². The molecule has 0 fully saturated rings. The molecule has 1 aliphatic rings. The van der Waals surface area contributed by atoms with E-state index >= 15 is 0 Å². The van der Waals surface area contributed by atoms with E-state index in [-0.39, 0.29) is 0 Å². The SMILES string of the molecule is CC(C)C(C)NCCOc1ccc2c(c1)CCCC2. The molecule has 0 amide bonds. The Morgan fingerprint density at radius 2 is 1.84 bits per heavy atom. The molecule has 0 aromatic heterocycles. The maximum Gasteiger partial charge on any atom is 0.119 e. The second kappa shape index (κ2) is 6.95. The van der Waals surface area contributed by atoms with Gasteiger partial charge in [0.1, 0.15) is 12.4 Å². The first-order valence-electron chi connectivity index (χ1n) is 7.65. The summed E-state index contributed by atoms with van der Waals surface area (Å²) in [5, 5.41) is 3.49. The normalized spacial score (nSPS) is 16.2. The van der Waals surface area contributed by atoms with E-state index in [1.807, 2.05) is 0 Å². The molecule has 1 unspecified atom stereocenters. The van der Waals surface area contributed by atoms with Gasteiger partial charge in [-0.1, -0.05) is 19.9 Å². The zero-order valence-corrected chi connectivity index (χ0v) is 12.5. The first-order valence-corrected chi connectivity index (χ1v) is 7.65. The van der Waals surface area contributed by atoms with Gasteiger partial charge in [0.15, 0.2) is 0 Å². The zero-order chi connectivity index (χ0) is 13.7. The lowest BCUT2D eigenvalue weighted by atomic mass is 9.92. The number of aryl methyl sites for hydroxylation is 2. The highest BCUT2D eigenvalue weighted by Crippen LogP contribution is 2.25. The lowest BCUT2D eigenvalue weighted by Crippen LogP contribution is -2.33. The molecule has 19 heavy (non-hydrogen) atoms. The van der Waals surface area contributed by atoms with Crippen molar-refractivity contribution in [2.24, 2.45) is 5.92 Å². The molecule has 0 aliphatic heterocycles. The van der Waals surface area contributed by atoms with Crippen LogP contribution in [0.25, 0.3) is 0 Å². The summed E-state index contributed by atoms with van der Waals surface area (Å²) in [5.41, 5.74) is 3.01. The number of fused-ring (bicyclic) bond motifs is 1. The number of rotatable bonds is 6. The summed E-state index contributed by atoms with van der Waals surface area (Å²) in [5.74, 6) is 1.70. The third-order valence-electron chi connectivity index (χ3n) is 4.16. The molecule has 1 aromatic carbocycles. The third-order valence-corrected chi connectivity index (χ3v) is 4.16. The van der Waals surface area contributed by atoms with Crippen LogP contribution in [0.4, 0.5) is 0 Å². The van der Waals surface area contributed by atoms with E-state index in [4.69, 9.17) is 4.74 Å². The van der Waals surface area contributed by atoms with Gasteiger partial charge in [0.05, 0.1) is 0 Å². The molecule has 0 saturated heterocycles. The lowest BCUT2D eigenvalue weighted by Gasteiger charge is -2.19. The van der Waals surface area contributed by atoms with Crippen LogP contribution in [0.15, 0.2) is 18.2 Å². The fourth-order valence-electron chi connectivity index (χ4n) is 2.49. The third kappa shape index (κ3) is 4.24. The molecule has 1 atom stereocenters. The minimum absolute atomic E-state index is 0.548. The fraction of sp³-hybridized carbons (Fsp3) is 0.647. The van der Waals surface area contributed by atoms with Gasteiger partial charge in [-0.3, -0.25) is 0 Å². The van der Waals surface area contributed by atoms with Gasteiger partial charge in [0.25, 0.3) is 0 Å². The van der Waals surface area contributed by atoms with E-state index in [2.05, 4.69) is 44.3 Å². The number of hydrogen-bond donors (Lipinski definition) is 1. The number of hydrogen-bond acceptors (Lipinski definition) is 2. The molecule has 0 spiro atoms. The molecular weight excluding hydrogens is 234 g/mol. The summed E-state index contributed by atoms with van der Waals surface area (Å²) >= 11 is 0. The van der Waals surface area contributed by atoms with Crippen LogP contribution in [-0.2, 0) is 12.8 Å². The molecular formula is C17H27NO. The van der Waals surface area contributed by atoms with Crippen LogP contribution in [0, 0.1) is 5.92 Å². The van der Waals surface area contributed by atoms with E-state index in [9.17, 15) is 0 Å². The van der Waals surface area contributed by atoms with Crippen molar-refractivity contribution < 1.29 is 4.74 Å². The van der Waals surface area contributed by atoms with Crippen molar-refractivity contribution in [1.29, 1.82) is 0 Å². The molecule has 2 heteroatoms. The Labute approximate surface area is 117 Å². The minimum Gasteiger partial charge on any atom is -0.492 e. The molecule has 1 aliphatic carbocycles. The van der Waals surface area contributed by atoms with Gasteiger partial charge in [-0.15, -0.1) is 0 Å². The smallest absolute Gasteiger partial charge is 0.119 e. The Morgan fingerprint density at radius 3 is 2.58 bits per heavy atom. The van der Waals surface area contributed by atoms with E-state index in [0.29, 0.717) is 12.0 Å². The van der Waals surface area contributed by atoms with Crippen LogP contribution in [0.5, 0.6) is 5.75 Å². The highest BCUT2D eigenvalue weighted by molar-refractivity contribution is 5.37. The summed E-state index contributed by atoms with van der Waals surface area (Å²) in [6.45, 7) is 8.36. The molecule has 0 bridgehead atoms. The first-order chi connectivity index (χ1) is 9.16. The van der Waals surface area contributed by atoms with E-state index in [1.165, 1.54) is 36.8 Å². The van der Waals surface area contributed by atoms with Crippen molar-refractivity contribution in [2.75, 3.05) is 13.2 Å². The standard InChI is InChI=1S/C17H27NO/c1-13(2)14(3)18-10-11-19-17-9-8-15-6-4-5-7-16(15)12-17/h8-9,12-14,18H,4-7,10-11H2,1-3H3. The average molecular weight is 261 g/mol. The van der Waals surface area contributed by atoms with Crippen molar-refractivity contribution in [3.63, 3.8) is 0 Å². The van der Waals surface area contributed by atoms with E-state index in [0.717, 1.165) is 18.9 Å². The first kappa shape index (κ1) is 14.4. The Morgan fingerprint density at radius 1 is 1.11 bits per heavy atom. The van der Waals surface area contributed by atoms with Gasteiger partial charge in [-0.25, -0.2) is 0 Å². The Bertz CT molecular complexity index is 400. The Kier molecular flexibility index (Phi) is 5.26.